The van der Waals surface area contributed by atoms with Crippen molar-refractivity contribution in [3.63, 3.8) is 0 Å². The molecule has 1 aromatic rings. The predicted molar refractivity (Wildman–Crippen MR) is 77.6 cm³/mol. The van der Waals surface area contributed by atoms with Crippen LogP contribution in [0.2, 0.25) is 0 Å². The smallest absolute Gasteiger partial charge is 0.387 e. The topological polar surface area (TPSA) is 38.3 Å². The molecule has 0 heterocycles. The summed E-state index contributed by atoms with van der Waals surface area (Å²) in [4.78, 5) is 12.1. The predicted octanol–water partition coefficient (Wildman–Crippen LogP) is 3.97. The largest absolute Gasteiger partial charge is 0.435 e. The van der Waals surface area contributed by atoms with Gasteiger partial charge in [-0.1, -0.05) is 29.8 Å². The number of amides is 1. The number of benzene rings is 1. The second-order valence-electron chi connectivity index (χ2n) is 4.48. The van der Waals surface area contributed by atoms with Gasteiger partial charge < -0.3 is 10.1 Å². The van der Waals surface area contributed by atoms with Crippen LogP contribution in [-0.2, 0) is 0 Å². The van der Waals surface area contributed by atoms with E-state index < -0.39 is 6.61 Å². The summed E-state index contributed by atoms with van der Waals surface area (Å²) in [5.41, 5.74) is 0.119. The highest BCUT2D eigenvalue weighted by molar-refractivity contribution is 9.09. The van der Waals surface area contributed by atoms with Gasteiger partial charge in [0.1, 0.15) is 5.75 Å². The Balaban J connectivity index is 2.77. The second-order valence-corrected chi connectivity index (χ2v) is 5.04. The van der Waals surface area contributed by atoms with Crippen molar-refractivity contribution in [1.29, 1.82) is 0 Å². The maximum Gasteiger partial charge on any atom is 0.387 e. The van der Waals surface area contributed by atoms with Crippen LogP contribution in [0.4, 0.5) is 8.78 Å². The number of nitrogens with one attached hydrogen (secondary N) is 1. The Morgan fingerprint density at radius 3 is 2.25 bits per heavy atom. The van der Waals surface area contributed by atoms with Crippen LogP contribution in [0.15, 0.2) is 24.3 Å². The van der Waals surface area contributed by atoms with Gasteiger partial charge in [0.2, 0.25) is 0 Å². The van der Waals surface area contributed by atoms with Gasteiger partial charge in [-0.25, -0.2) is 0 Å². The molecule has 1 amide bonds. The summed E-state index contributed by atoms with van der Waals surface area (Å²) in [7, 11) is 0. The first-order chi connectivity index (χ1) is 9.46. The molecule has 0 aromatic heterocycles. The van der Waals surface area contributed by atoms with E-state index in [2.05, 4.69) is 26.0 Å². The van der Waals surface area contributed by atoms with Crippen molar-refractivity contribution in [2.75, 3.05) is 5.33 Å². The van der Waals surface area contributed by atoms with E-state index in [1.54, 1.807) is 0 Å². The fraction of sp³-hybridized carbons (Fsp3) is 0.500. The van der Waals surface area contributed by atoms with Crippen LogP contribution in [0.5, 0.6) is 5.75 Å². The first-order valence-corrected chi connectivity index (χ1v) is 7.52. The number of alkyl halides is 3. The fourth-order valence-electron chi connectivity index (χ4n) is 1.75. The van der Waals surface area contributed by atoms with E-state index in [9.17, 15) is 13.6 Å². The Labute approximate surface area is 125 Å². The molecule has 0 saturated heterocycles. The zero-order valence-electron chi connectivity index (χ0n) is 11.5. The average molecular weight is 350 g/mol. The van der Waals surface area contributed by atoms with Crippen LogP contribution in [0.1, 0.15) is 37.0 Å². The number of rotatable bonds is 7. The van der Waals surface area contributed by atoms with Crippen molar-refractivity contribution in [2.24, 2.45) is 0 Å². The molecule has 0 radical (unpaired) electrons. The lowest BCUT2D eigenvalue weighted by molar-refractivity contribution is -0.0498. The zero-order valence-corrected chi connectivity index (χ0v) is 13.0. The van der Waals surface area contributed by atoms with E-state index in [4.69, 9.17) is 0 Å². The lowest BCUT2D eigenvalue weighted by atomic mass is 9.95. The van der Waals surface area contributed by atoms with Gasteiger partial charge in [0.05, 0.1) is 0 Å². The molecule has 0 aliphatic rings. The third-order valence-corrected chi connectivity index (χ3v) is 4.40. The van der Waals surface area contributed by atoms with Crippen LogP contribution >= 0.6 is 15.9 Å². The summed E-state index contributed by atoms with van der Waals surface area (Å²) >= 11 is 3.42. The average Bonchev–Trinajstić information content (AvgIpc) is 2.45. The molecule has 1 N–H and O–H groups in total. The Bertz CT molecular complexity index is 425. The number of carbonyl (C=O) groups excluding carboxylic acids is 1. The first-order valence-electron chi connectivity index (χ1n) is 6.39. The van der Waals surface area contributed by atoms with Gasteiger partial charge in [0.25, 0.3) is 5.91 Å². The molecule has 0 aliphatic carbocycles. The maximum atomic E-state index is 12.1. The Kier molecular flexibility index (Phi) is 6.39. The molecule has 112 valence electrons. The van der Waals surface area contributed by atoms with Crippen LogP contribution in [0, 0.1) is 0 Å². The summed E-state index contributed by atoms with van der Waals surface area (Å²) < 4.78 is 28.3. The highest BCUT2D eigenvalue weighted by atomic mass is 79.9. The summed E-state index contributed by atoms with van der Waals surface area (Å²) in [6.45, 7) is 1.14. The molecular weight excluding hydrogens is 332 g/mol. The van der Waals surface area contributed by atoms with E-state index in [0.29, 0.717) is 10.9 Å². The van der Waals surface area contributed by atoms with Gasteiger partial charge in [0.15, 0.2) is 0 Å². The molecule has 0 aliphatic heterocycles. The first kappa shape index (κ1) is 16.9. The van der Waals surface area contributed by atoms with Gasteiger partial charge in [-0.05, 0) is 37.1 Å². The molecule has 0 atom stereocenters. The number of hydrogen-bond donors (Lipinski definition) is 1. The third kappa shape index (κ3) is 4.44. The molecule has 1 aromatic carbocycles. The normalized spacial score (nSPS) is 11.5. The van der Waals surface area contributed by atoms with Gasteiger partial charge in [0, 0.05) is 16.4 Å². The van der Waals surface area contributed by atoms with E-state index in [0.717, 1.165) is 12.8 Å². The minimum atomic E-state index is -2.86. The molecule has 1 rings (SSSR count). The van der Waals surface area contributed by atoms with Crippen LogP contribution < -0.4 is 10.1 Å². The van der Waals surface area contributed by atoms with E-state index in [1.807, 2.05) is 13.8 Å². The third-order valence-electron chi connectivity index (χ3n) is 3.33. The zero-order chi connectivity index (χ0) is 15.2. The number of carbonyl (C=O) groups is 1. The highest BCUT2D eigenvalue weighted by Gasteiger charge is 2.27. The number of hydrogen-bond acceptors (Lipinski definition) is 2. The lowest BCUT2D eigenvalue weighted by Crippen LogP contribution is -2.49. The second kappa shape index (κ2) is 7.57. The summed E-state index contributed by atoms with van der Waals surface area (Å²) in [6.07, 6.45) is 1.60. The van der Waals surface area contributed by atoms with Crippen LogP contribution in [0.25, 0.3) is 0 Å². The molecule has 0 fully saturated rings. The van der Waals surface area contributed by atoms with Gasteiger partial charge in [-0.2, -0.15) is 8.78 Å². The molecule has 0 unspecified atom stereocenters. The number of halogens is 3. The highest BCUT2D eigenvalue weighted by Crippen LogP contribution is 2.20. The molecule has 20 heavy (non-hydrogen) atoms. The van der Waals surface area contributed by atoms with Crippen molar-refractivity contribution < 1.29 is 18.3 Å². The Morgan fingerprint density at radius 1 is 1.30 bits per heavy atom. The van der Waals surface area contributed by atoms with Crippen molar-refractivity contribution >= 4 is 21.8 Å². The van der Waals surface area contributed by atoms with Gasteiger partial charge >= 0.3 is 6.61 Å². The molecular formula is C14H18BrF2NO2. The van der Waals surface area contributed by atoms with Crippen LogP contribution in [-0.4, -0.2) is 23.4 Å². The molecule has 0 bridgehead atoms. The molecule has 0 spiro atoms. The minimum absolute atomic E-state index is 0.0364. The van der Waals surface area contributed by atoms with Crippen molar-refractivity contribution in [3.8, 4) is 5.75 Å². The number of ether oxygens (including phenoxy) is 1. The van der Waals surface area contributed by atoms with Gasteiger partial charge in [-0.15, -0.1) is 0 Å². The Hall–Kier alpha value is -1.17. The van der Waals surface area contributed by atoms with E-state index in [-0.39, 0.29) is 17.2 Å². The maximum absolute atomic E-state index is 12.1. The van der Waals surface area contributed by atoms with Crippen molar-refractivity contribution in [1.82, 2.24) is 5.32 Å². The summed E-state index contributed by atoms with van der Waals surface area (Å²) in [5.74, 6) is -0.189. The van der Waals surface area contributed by atoms with Crippen molar-refractivity contribution in [3.05, 3.63) is 29.8 Å². The summed E-state index contributed by atoms with van der Waals surface area (Å²) in [6, 6.07) is 5.65. The monoisotopic (exact) mass is 349 g/mol. The molecule has 6 heteroatoms. The van der Waals surface area contributed by atoms with E-state index >= 15 is 0 Å². The standard InChI is InChI=1S/C14H18BrF2NO2/c1-3-14(4-2,9-15)18-12(19)10-5-7-11(8-6-10)20-13(16)17/h5-8,13H,3-4,9H2,1-2H3,(H,18,19). The van der Waals surface area contributed by atoms with Crippen LogP contribution in [0.3, 0.4) is 0 Å². The lowest BCUT2D eigenvalue weighted by Gasteiger charge is -2.30. The van der Waals surface area contributed by atoms with Crippen molar-refractivity contribution in [2.45, 2.75) is 38.8 Å². The van der Waals surface area contributed by atoms with E-state index in [1.165, 1.54) is 24.3 Å². The minimum Gasteiger partial charge on any atom is -0.435 e. The summed E-state index contributed by atoms with van der Waals surface area (Å²) in [5, 5.41) is 3.64. The SMILES string of the molecule is CCC(CC)(CBr)NC(=O)c1ccc(OC(F)F)cc1. The quantitative estimate of drug-likeness (QED) is 0.756. The molecule has 3 nitrogen and oxygen atoms in total. The fourth-order valence-corrected chi connectivity index (χ4v) is 2.68. The Morgan fingerprint density at radius 2 is 1.85 bits per heavy atom. The molecule has 0 saturated carbocycles. The van der Waals surface area contributed by atoms with Gasteiger partial charge in [-0.3, -0.25) is 4.79 Å².